The van der Waals surface area contributed by atoms with Gasteiger partial charge in [-0.3, -0.25) is 0 Å². The molecular formula is C15H20O4S2. The quantitative estimate of drug-likeness (QED) is 0.797. The van der Waals surface area contributed by atoms with Crippen LogP contribution in [-0.4, -0.2) is 32.1 Å². The van der Waals surface area contributed by atoms with Crippen molar-refractivity contribution in [1.82, 2.24) is 0 Å². The van der Waals surface area contributed by atoms with Gasteiger partial charge in [0.1, 0.15) is 0 Å². The van der Waals surface area contributed by atoms with Gasteiger partial charge in [0, 0.05) is 0 Å². The molecule has 1 aliphatic heterocycles. The maximum Gasteiger partial charge on any atom is 0.298 e. The molecule has 2 rings (SSSR count). The molecule has 0 aromatic heterocycles. The van der Waals surface area contributed by atoms with Crippen LogP contribution in [0.2, 0.25) is 0 Å². The molecule has 0 atom stereocenters. The topological polar surface area (TPSA) is 52.6 Å². The van der Waals surface area contributed by atoms with Crippen molar-refractivity contribution < 1.29 is 17.3 Å². The molecule has 116 valence electrons. The molecule has 0 fully saturated rings. The average molecular weight is 328 g/mol. The van der Waals surface area contributed by atoms with E-state index in [0.717, 1.165) is 5.56 Å². The highest BCUT2D eigenvalue weighted by molar-refractivity contribution is 8.33. The number of aryl methyl sites for hydroxylation is 1. The molecule has 1 aromatic carbocycles. The van der Waals surface area contributed by atoms with Crippen LogP contribution in [0, 0.1) is 6.92 Å². The first-order chi connectivity index (χ1) is 9.66. The lowest BCUT2D eigenvalue weighted by Gasteiger charge is -2.43. The molecule has 0 aliphatic carbocycles. The molecule has 0 saturated heterocycles. The summed E-state index contributed by atoms with van der Waals surface area (Å²) in [6.45, 7) is 1.90. The van der Waals surface area contributed by atoms with E-state index in [-0.39, 0.29) is 4.90 Å². The van der Waals surface area contributed by atoms with Crippen LogP contribution in [0.3, 0.4) is 0 Å². The molecule has 1 heterocycles. The van der Waals surface area contributed by atoms with Gasteiger partial charge in [0.05, 0.1) is 17.4 Å². The maximum atomic E-state index is 12.5. The van der Waals surface area contributed by atoms with Crippen molar-refractivity contribution in [1.29, 1.82) is 0 Å². The monoisotopic (exact) mass is 328 g/mol. The number of hydrogen-bond acceptors (Lipinski definition) is 4. The Kier molecular flexibility index (Phi) is 4.24. The predicted octanol–water partition coefficient (Wildman–Crippen LogP) is 3.15. The molecule has 0 saturated carbocycles. The van der Waals surface area contributed by atoms with E-state index in [4.69, 9.17) is 8.92 Å². The second-order valence-electron chi connectivity index (χ2n) is 5.65. The van der Waals surface area contributed by atoms with Crippen LogP contribution in [0.5, 0.6) is 0 Å². The van der Waals surface area contributed by atoms with Gasteiger partial charge in [0.2, 0.25) is 0 Å². The molecule has 4 nitrogen and oxygen atoms in total. The minimum atomic E-state index is -3.86. The molecule has 0 unspecified atom stereocenters. The van der Waals surface area contributed by atoms with Crippen molar-refractivity contribution in [2.75, 3.05) is 18.8 Å². The number of rotatable bonds is 4. The van der Waals surface area contributed by atoms with E-state index in [1.807, 2.05) is 25.7 Å². The summed E-state index contributed by atoms with van der Waals surface area (Å²) >= 11 is 0. The number of ether oxygens (including phenoxy) is 1. The first kappa shape index (κ1) is 16.1. The molecule has 21 heavy (non-hydrogen) atoms. The lowest BCUT2D eigenvalue weighted by molar-refractivity contribution is 0.245. The lowest BCUT2D eigenvalue weighted by Crippen LogP contribution is -2.36. The van der Waals surface area contributed by atoms with E-state index >= 15 is 0 Å². The van der Waals surface area contributed by atoms with Crippen LogP contribution < -0.4 is 0 Å². The van der Waals surface area contributed by atoms with Gasteiger partial charge in [-0.2, -0.15) is 8.42 Å². The van der Waals surface area contributed by atoms with Gasteiger partial charge in [-0.25, -0.2) is 14.2 Å². The third-order valence-corrected chi connectivity index (χ3v) is 6.98. The number of hydrogen-bond donors (Lipinski definition) is 0. The predicted molar refractivity (Wildman–Crippen MR) is 86.9 cm³/mol. The van der Waals surface area contributed by atoms with Gasteiger partial charge in [0.25, 0.3) is 10.1 Å². The molecule has 0 N–H and O–H groups in total. The van der Waals surface area contributed by atoms with E-state index < -0.39 is 25.1 Å². The first-order valence-corrected chi connectivity index (χ1v) is 10.6. The minimum Gasteiger partial charge on any atom is -0.473 e. The highest BCUT2D eigenvalue weighted by Crippen LogP contribution is 2.54. The Morgan fingerprint density at radius 3 is 2.00 bits per heavy atom. The zero-order chi connectivity index (χ0) is 15.7. The molecule has 6 heteroatoms. The van der Waals surface area contributed by atoms with Crippen molar-refractivity contribution in [3.8, 4) is 0 Å². The van der Waals surface area contributed by atoms with E-state index in [2.05, 4.69) is 0 Å². The van der Waals surface area contributed by atoms with E-state index in [9.17, 15) is 8.42 Å². The Balaban J connectivity index is 2.41. The summed E-state index contributed by atoms with van der Waals surface area (Å²) in [5.41, 5.74) is 0.996. The van der Waals surface area contributed by atoms with E-state index in [1.165, 1.54) is 12.5 Å². The highest BCUT2D eigenvalue weighted by Gasteiger charge is 2.41. The maximum absolute atomic E-state index is 12.5. The lowest BCUT2D eigenvalue weighted by atomic mass is 10.2. The van der Waals surface area contributed by atoms with Crippen molar-refractivity contribution >= 4 is 20.1 Å². The molecule has 0 radical (unpaired) electrons. The smallest absolute Gasteiger partial charge is 0.298 e. The summed E-state index contributed by atoms with van der Waals surface area (Å²) in [7, 11) is -5.25. The van der Waals surface area contributed by atoms with Gasteiger partial charge >= 0.3 is 0 Å². The van der Waals surface area contributed by atoms with E-state index in [1.54, 1.807) is 36.4 Å². The first-order valence-electron chi connectivity index (χ1n) is 6.37. The second-order valence-corrected chi connectivity index (χ2v) is 11.5. The van der Waals surface area contributed by atoms with Crippen LogP contribution in [0.1, 0.15) is 5.56 Å². The number of benzene rings is 1. The van der Waals surface area contributed by atoms with E-state index in [0.29, 0.717) is 0 Å². The Morgan fingerprint density at radius 2 is 1.52 bits per heavy atom. The van der Waals surface area contributed by atoms with Crippen molar-refractivity contribution in [2.24, 2.45) is 0 Å². The van der Waals surface area contributed by atoms with Crippen molar-refractivity contribution in [3.05, 3.63) is 54.5 Å². The molecular weight excluding hydrogens is 308 g/mol. The standard InChI is InChI=1S/C15H20O4S2/c1-13-5-7-14(8-6-13)21(16,17)19-15(20(2,3)4)9-11-18-12-10-15/h5-12H,1-4H3. The zero-order valence-electron chi connectivity index (χ0n) is 12.6. The van der Waals surface area contributed by atoms with Crippen LogP contribution in [0.4, 0.5) is 0 Å². The summed E-state index contributed by atoms with van der Waals surface area (Å²) in [4.78, 5) is -0.834. The Hall–Kier alpha value is -1.24. The molecule has 0 amide bonds. The fourth-order valence-electron chi connectivity index (χ4n) is 1.86. The van der Waals surface area contributed by atoms with Gasteiger partial charge in [-0.05, 0) is 50.0 Å². The molecule has 1 aliphatic rings. The Bertz CT molecular complexity index is 653. The minimum absolute atomic E-state index is 0.157. The Morgan fingerprint density at radius 1 is 1.00 bits per heavy atom. The summed E-state index contributed by atoms with van der Waals surface area (Å²) in [5.74, 6) is 0. The summed E-state index contributed by atoms with van der Waals surface area (Å²) in [5, 5.41) is 0. The van der Waals surface area contributed by atoms with Gasteiger partial charge < -0.3 is 4.74 Å². The van der Waals surface area contributed by atoms with Crippen LogP contribution >= 0.6 is 10.0 Å². The van der Waals surface area contributed by atoms with Gasteiger partial charge in [-0.1, -0.05) is 17.7 Å². The van der Waals surface area contributed by atoms with Gasteiger partial charge in [-0.15, -0.1) is 0 Å². The third kappa shape index (κ3) is 3.33. The van der Waals surface area contributed by atoms with Crippen molar-refractivity contribution in [2.45, 2.75) is 16.8 Å². The Labute approximate surface area is 127 Å². The summed E-state index contributed by atoms with van der Waals surface area (Å²) in [6, 6.07) is 6.62. The second kappa shape index (κ2) is 5.51. The van der Waals surface area contributed by atoms with Crippen LogP contribution in [-0.2, 0) is 19.0 Å². The van der Waals surface area contributed by atoms with Gasteiger partial charge in [0.15, 0.2) is 4.93 Å². The molecule has 0 bridgehead atoms. The fraction of sp³-hybridized carbons (Fsp3) is 0.333. The fourth-order valence-corrected chi connectivity index (χ4v) is 4.89. The summed E-state index contributed by atoms with van der Waals surface area (Å²) < 4.78 is 35.7. The average Bonchev–Trinajstić information content (AvgIpc) is 2.38. The molecule has 1 aromatic rings. The van der Waals surface area contributed by atoms with Crippen LogP contribution in [0.15, 0.2) is 53.8 Å². The molecule has 0 spiro atoms. The third-order valence-electron chi connectivity index (χ3n) is 3.26. The zero-order valence-corrected chi connectivity index (χ0v) is 14.2. The largest absolute Gasteiger partial charge is 0.473 e. The van der Waals surface area contributed by atoms with Crippen LogP contribution in [0.25, 0.3) is 0 Å². The SMILES string of the molecule is Cc1ccc(S(=O)(=O)OC2(S(C)(C)C)C=COC=C2)cc1. The highest BCUT2D eigenvalue weighted by atomic mass is 32.3. The summed E-state index contributed by atoms with van der Waals surface area (Å²) in [6.07, 6.45) is 12.2. The normalized spacial score (nSPS) is 18.3. The van der Waals surface area contributed by atoms with Crippen molar-refractivity contribution in [3.63, 3.8) is 0 Å².